The minimum atomic E-state index is -0.511. The van der Waals surface area contributed by atoms with Crippen molar-refractivity contribution in [3.8, 4) is 0 Å². The van der Waals surface area contributed by atoms with Crippen LogP contribution in [0.15, 0.2) is 18.2 Å². The van der Waals surface area contributed by atoms with Crippen LogP contribution in [0.1, 0.15) is 45.6 Å². The summed E-state index contributed by atoms with van der Waals surface area (Å²) < 4.78 is 1.07. The fourth-order valence-electron chi connectivity index (χ4n) is 4.65. The number of fused-ring (bicyclic) bond motifs is 2. The predicted molar refractivity (Wildman–Crippen MR) is 127 cm³/mol. The van der Waals surface area contributed by atoms with Crippen molar-refractivity contribution in [3.05, 3.63) is 39.2 Å². The first-order chi connectivity index (χ1) is 15.3. The predicted octanol–water partition coefficient (Wildman–Crippen LogP) is 3.88. The molecule has 7 nitrogen and oxygen atoms in total. The van der Waals surface area contributed by atoms with Crippen molar-refractivity contribution in [1.82, 2.24) is 4.98 Å². The lowest BCUT2D eigenvalue weighted by atomic mass is 9.88. The van der Waals surface area contributed by atoms with Crippen LogP contribution < -0.4 is 16.0 Å². The topological polar surface area (TPSA) is 105 Å². The quantitative estimate of drug-likeness (QED) is 0.606. The molecule has 1 fully saturated rings. The van der Waals surface area contributed by atoms with Gasteiger partial charge < -0.3 is 16.0 Å². The van der Waals surface area contributed by atoms with E-state index >= 15 is 0 Å². The summed E-state index contributed by atoms with van der Waals surface area (Å²) in [6, 6.07) is 5.76. The molecule has 1 aliphatic heterocycles. The van der Waals surface area contributed by atoms with Crippen LogP contribution in [-0.4, -0.2) is 29.3 Å². The van der Waals surface area contributed by atoms with E-state index in [2.05, 4.69) is 17.2 Å². The van der Waals surface area contributed by atoms with Crippen molar-refractivity contribution in [1.29, 1.82) is 0 Å². The molecule has 9 heteroatoms. The number of carbonyl (C=O) groups excluding carboxylic acids is 3. The van der Waals surface area contributed by atoms with Gasteiger partial charge in [0.25, 0.3) is 5.91 Å². The van der Waals surface area contributed by atoms with Crippen molar-refractivity contribution in [2.75, 3.05) is 16.8 Å². The largest absolute Gasteiger partial charge is 0.365 e. The first-order valence-corrected chi connectivity index (χ1v) is 12.4. The minimum absolute atomic E-state index is 0.0918. The molecular formula is C23H24N4O3S2. The SMILES string of the molecule is Cc1nc2cc(N3CC(C(=O)Nc4sc5c(c4C(N)=O)CCC(C)C5)CC3=O)ccc2s1. The fraction of sp³-hybridized carbons (Fsp3) is 0.391. The zero-order chi connectivity index (χ0) is 22.6. The maximum atomic E-state index is 13.1. The van der Waals surface area contributed by atoms with Crippen LogP contribution in [-0.2, 0) is 22.4 Å². The minimum Gasteiger partial charge on any atom is -0.365 e. The van der Waals surface area contributed by atoms with Gasteiger partial charge in [-0.15, -0.1) is 22.7 Å². The molecule has 0 saturated carbocycles. The molecule has 1 aromatic carbocycles. The van der Waals surface area contributed by atoms with Gasteiger partial charge in [-0.05, 0) is 55.9 Å². The number of anilines is 2. The summed E-state index contributed by atoms with van der Waals surface area (Å²) >= 11 is 3.05. The van der Waals surface area contributed by atoms with E-state index in [0.29, 0.717) is 23.0 Å². The van der Waals surface area contributed by atoms with Crippen LogP contribution >= 0.6 is 22.7 Å². The number of rotatable bonds is 4. The summed E-state index contributed by atoms with van der Waals surface area (Å²) in [5.41, 5.74) is 8.69. The van der Waals surface area contributed by atoms with Gasteiger partial charge in [0.2, 0.25) is 11.8 Å². The van der Waals surface area contributed by atoms with E-state index in [1.54, 1.807) is 16.2 Å². The molecule has 2 atom stereocenters. The van der Waals surface area contributed by atoms with Crippen LogP contribution in [0, 0.1) is 18.8 Å². The van der Waals surface area contributed by atoms with Crippen LogP contribution in [0.4, 0.5) is 10.7 Å². The number of nitrogens with zero attached hydrogens (tertiary/aromatic N) is 2. The summed E-state index contributed by atoms with van der Waals surface area (Å²) in [5.74, 6) is -0.797. The van der Waals surface area contributed by atoms with Gasteiger partial charge in [-0.3, -0.25) is 14.4 Å². The third-order valence-electron chi connectivity index (χ3n) is 6.28. The Balaban J connectivity index is 1.35. The van der Waals surface area contributed by atoms with Gasteiger partial charge in [-0.1, -0.05) is 6.92 Å². The Morgan fingerprint density at radius 3 is 2.84 bits per heavy atom. The van der Waals surface area contributed by atoms with E-state index < -0.39 is 11.8 Å². The fourth-order valence-corrected chi connectivity index (χ4v) is 6.87. The molecule has 0 bridgehead atoms. The molecule has 32 heavy (non-hydrogen) atoms. The molecule has 0 spiro atoms. The summed E-state index contributed by atoms with van der Waals surface area (Å²) in [4.78, 5) is 45.2. The van der Waals surface area contributed by atoms with Crippen molar-refractivity contribution >= 4 is 61.3 Å². The summed E-state index contributed by atoms with van der Waals surface area (Å²) in [5, 5.41) is 4.41. The van der Waals surface area contributed by atoms with Gasteiger partial charge in [0.1, 0.15) is 5.00 Å². The second-order valence-electron chi connectivity index (χ2n) is 8.70. The number of thiazole rings is 1. The highest BCUT2D eigenvalue weighted by atomic mass is 32.1. The van der Waals surface area contributed by atoms with Crippen molar-refractivity contribution < 1.29 is 14.4 Å². The lowest BCUT2D eigenvalue weighted by Crippen LogP contribution is -2.28. The third-order valence-corrected chi connectivity index (χ3v) is 8.40. The summed E-state index contributed by atoms with van der Waals surface area (Å²) in [6.07, 6.45) is 2.83. The van der Waals surface area contributed by atoms with E-state index in [1.165, 1.54) is 11.3 Å². The van der Waals surface area contributed by atoms with Gasteiger partial charge in [0, 0.05) is 23.5 Å². The smallest absolute Gasteiger partial charge is 0.251 e. The lowest BCUT2D eigenvalue weighted by molar-refractivity contribution is -0.122. The Labute approximate surface area is 193 Å². The highest BCUT2D eigenvalue weighted by molar-refractivity contribution is 7.18. The van der Waals surface area contributed by atoms with Crippen LogP contribution in [0.5, 0.6) is 0 Å². The maximum absolute atomic E-state index is 13.1. The number of benzene rings is 1. The molecule has 2 unspecified atom stereocenters. The number of aryl methyl sites for hydroxylation is 1. The van der Waals surface area contributed by atoms with Gasteiger partial charge in [-0.2, -0.15) is 0 Å². The van der Waals surface area contributed by atoms with Gasteiger partial charge in [0.15, 0.2) is 0 Å². The monoisotopic (exact) mass is 468 g/mol. The molecule has 166 valence electrons. The number of nitrogens with two attached hydrogens (primary N) is 1. The molecule has 1 saturated heterocycles. The van der Waals surface area contributed by atoms with E-state index in [-0.39, 0.29) is 18.2 Å². The normalized spacial score (nSPS) is 20.6. The van der Waals surface area contributed by atoms with Crippen LogP contribution in [0.2, 0.25) is 0 Å². The standard InChI is InChI=1S/C23H24N4O3S2/c1-11-3-5-15-18(7-11)32-23(20(15)21(24)29)26-22(30)13-8-19(28)27(10-13)14-4-6-17-16(9-14)25-12(2)31-17/h4,6,9,11,13H,3,5,7-8,10H2,1-2H3,(H2,24,29)(H,26,30). The Morgan fingerprint density at radius 1 is 1.25 bits per heavy atom. The van der Waals surface area contributed by atoms with Gasteiger partial charge in [0.05, 0.1) is 26.7 Å². The molecular weight excluding hydrogens is 444 g/mol. The number of aromatic nitrogens is 1. The molecule has 0 radical (unpaired) electrons. The molecule has 5 rings (SSSR count). The van der Waals surface area contributed by atoms with E-state index in [0.717, 1.165) is 50.6 Å². The number of thiophene rings is 1. The van der Waals surface area contributed by atoms with E-state index in [4.69, 9.17) is 5.73 Å². The highest BCUT2D eigenvalue weighted by Crippen LogP contribution is 2.40. The second-order valence-corrected chi connectivity index (χ2v) is 11.0. The molecule has 3 amide bonds. The second kappa shape index (κ2) is 7.97. The van der Waals surface area contributed by atoms with E-state index in [1.807, 2.05) is 25.1 Å². The Hall–Kier alpha value is -2.78. The van der Waals surface area contributed by atoms with Gasteiger partial charge >= 0.3 is 0 Å². The first-order valence-electron chi connectivity index (χ1n) is 10.7. The number of hydrogen-bond donors (Lipinski definition) is 2. The number of nitrogens with one attached hydrogen (secondary N) is 1. The maximum Gasteiger partial charge on any atom is 0.251 e. The molecule has 3 aromatic rings. The van der Waals surface area contributed by atoms with Crippen molar-refractivity contribution in [2.45, 2.75) is 39.5 Å². The zero-order valence-electron chi connectivity index (χ0n) is 17.9. The average molecular weight is 469 g/mol. The van der Waals surface area contributed by atoms with Crippen LogP contribution in [0.3, 0.4) is 0 Å². The molecule has 3 heterocycles. The average Bonchev–Trinajstić information content (AvgIpc) is 3.40. The molecule has 2 aliphatic rings. The molecule has 1 aliphatic carbocycles. The van der Waals surface area contributed by atoms with Crippen LogP contribution in [0.25, 0.3) is 10.2 Å². The zero-order valence-corrected chi connectivity index (χ0v) is 19.6. The van der Waals surface area contributed by atoms with E-state index in [9.17, 15) is 14.4 Å². The Morgan fingerprint density at radius 2 is 2.06 bits per heavy atom. The van der Waals surface area contributed by atoms with Crippen molar-refractivity contribution in [2.24, 2.45) is 17.6 Å². The van der Waals surface area contributed by atoms with Crippen molar-refractivity contribution in [3.63, 3.8) is 0 Å². The Bertz CT molecular complexity index is 1260. The Kier molecular flexibility index (Phi) is 5.25. The summed E-state index contributed by atoms with van der Waals surface area (Å²) in [6.45, 7) is 4.44. The number of carbonyl (C=O) groups is 3. The summed E-state index contributed by atoms with van der Waals surface area (Å²) in [7, 11) is 0. The highest BCUT2D eigenvalue weighted by Gasteiger charge is 2.36. The molecule has 3 N–H and O–H groups in total. The lowest BCUT2D eigenvalue weighted by Gasteiger charge is -2.18. The number of primary amides is 1. The first kappa shape index (κ1) is 21.1. The van der Waals surface area contributed by atoms with Gasteiger partial charge in [-0.25, -0.2) is 4.98 Å². The number of amides is 3. The third kappa shape index (κ3) is 3.69. The number of hydrogen-bond acceptors (Lipinski definition) is 6. The molecule has 2 aromatic heterocycles.